The lowest BCUT2D eigenvalue weighted by Gasteiger charge is -1.97. The summed E-state index contributed by atoms with van der Waals surface area (Å²) in [5.41, 5.74) is 8.72. The second-order valence-corrected chi connectivity index (χ2v) is 3.64. The largest absolute Gasteiger partial charge is 0.423 e. The predicted molar refractivity (Wildman–Crippen MR) is 64.3 cm³/mol. The molecule has 0 amide bonds. The number of nitrogens with two attached hydrogens (primary N) is 1. The topological polar surface area (TPSA) is 92.8 Å². The van der Waals surface area contributed by atoms with E-state index in [1.165, 1.54) is 0 Å². The maximum absolute atomic E-state index is 5.79. The molecule has 6 nitrogen and oxygen atoms in total. The number of benzene rings is 1. The van der Waals surface area contributed by atoms with Gasteiger partial charge in [0, 0.05) is 6.20 Å². The predicted octanol–water partition coefficient (Wildman–Crippen LogP) is 1.75. The van der Waals surface area contributed by atoms with E-state index in [2.05, 4.69) is 20.3 Å². The third-order valence-electron chi connectivity index (χ3n) is 2.44. The Morgan fingerprint density at radius 3 is 3.12 bits per heavy atom. The Labute approximate surface area is 96.9 Å². The van der Waals surface area contributed by atoms with Gasteiger partial charge in [-0.3, -0.25) is 0 Å². The van der Waals surface area contributed by atoms with Crippen LogP contribution in [0.3, 0.4) is 0 Å². The van der Waals surface area contributed by atoms with Gasteiger partial charge in [0.25, 0.3) is 6.01 Å². The first kappa shape index (κ1) is 9.71. The third-order valence-corrected chi connectivity index (χ3v) is 2.44. The quantitative estimate of drug-likeness (QED) is 0.595. The molecular weight excluding hydrogens is 218 g/mol. The number of H-pyrrole nitrogens is 1. The number of nitrogens with one attached hydrogen (secondary N) is 2. The Kier molecular flexibility index (Phi) is 2.18. The summed E-state index contributed by atoms with van der Waals surface area (Å²) >= 11 is 0. The van der Waals surface area contributed by atoms with Crippen molar-refractivity contribution >= 4 is 22.8 Å². The molecule has 0 fully saturated rings. The van der Waals surface area contributed by atoms with Gasteiger partial charge in [-0.1, -0.05) is 6.07 Å². The molecule has 0 spiro atoms. The zero-order valence-electron chi connectivity index (χ0n) is 8.97. The van der Waals surface area contributed by atoms with Crippen molar-refractivity contribution in [2.24, 2.45) is 0 Å². The molecule has 0 atom stereocenters. The van der Waals surface area contributed by atoms with Crippen LogP contribution in [0.4, 0.5) is 11.7 Å². The molecule has 86 valence electrons. The fourth-order valence-corrected chi connectivity index (χ4v) is 1.60. The van der Waals surface area contributed by atoms with Crippen LogP contribution in [0.2, 0.25) is 0 Å². The summed E-state index contributed by atoms with van der Waals surface area (Å²) in [4.78, 5) is 11.2. The van der Waals surface area contributed by atoms with Gasteiger partial charge in [-0.25, -0.2) is 4.98 Å². The number of hydrogen-bond donors (Lipinski definition) is 3. The van der Waals surface area contributed by atoms with Gasteiger partial charge in [-0.2, -0.15) is 4.98 Å². The smallest absolute Gasteiger partial charge is 0.296 e. The molecule has 2 heterocycles. The molecule has 17 heavy (non-hydrogen) atoms. The summed E-state index contributed by atoms with van der Waals surface area (Å²) in [7, 11) is 0. The number of aromatic nitrogens is 3. The molecule has 3 aromatic rings. The number of aromatic amines is 1. The second kappa shape index (κ2) is 3.82. The lowest BCUT2D eigenvalue weighted by molar-refractivity contribution is 0.614. The monoisotopic (exact) mass is 229 g/mol. The van der Waals surface area contributed by atoms with Crippen molar-refractivity contribution < 1.29 is 4.42 Å². The number of anilines is 2. The van der Waals surface area contributed by atoms with Crippen molar-refractivity contribution in [3.8, 4) is 0 Å². The van der Waals surface area contributed by atoms with E-state index in [1.54, 1.807) is 18.6 Å². The highest BCUT2D eigenvalue weighted by atomic mass is 16.4. The van der Waals surface area contributed by atoms with E-state index in [0.29, 0.717) is 29.3 Å². The van der Waals surface area contributed by atoms with E-state index in [-0.39, 0.29) is 0 Å². The molecule has 0 radical (unpaired) electrons. The van der Waals surface area contributed by atoms with Gasteiger partial charge < -0.3 is 20.5 Å². The maximum Gasteiger partial charge on any atom is 0.296 e. The number of hydrogen-bond acceptors (Lipinski definition) is 5. The second-order valence-electron chi connectivity index (χ2n) is 3.64. The highest BCUT2D eigenvalue weighted by Gasteiger charge is 2.07. The van der Waals surface area contributed by atoms with Crippen LogP contribution < -0.4 is 11.1 Å². The third kappa shape index (κ3) is 1.80. The highest BCUT2D eigenvalue weighted by Crippen LogP contribution is 2.23. The minimum atomic E-state index is 0.451. The number of rotatable bonds is 3. The lowest BCUT2D eigenvalue weighted by atomic mass is 10.3. The first-order chi connectivity index (χ1) is 8.33. The van der Waals surface area contributed by atoms with Crippen molar-refractivity contribution in [3.63, 3.8) is 0 Å². The molecule has 6 heteroatoms. The Hall–Kier alpha value is -2.50. The zero-order chi connectivity index (χ0) is 11.7. The summed E-state index contributed by atoms with van der Waals surface area (Å²) in [5, 5.41) is 3.06. The Morgan fingerprint density at radius 1 is 1.41 bits per heavy atom. The zero-order valence-corrected chi connectivity index (χ0v) is 8.97. The van der Waals surface area contributed by atoms with Crippen molar-refractivity contribution in [2.75, 3.05) is 11.1 Å². The highest BCUT2D eigenvalue weighted by molar-refractivity contribution is 5.86. The Balaban J connectivity index is 1.84. The number of nitrogens with zero attached hydrogens (tertiary/aromatic N) is 2. The minimum Gasteiger partial charge on any atom is -0.423 e. The molecule has 3 rings (SSSR count). The number of nitrogen functional groups attached to an aromatic ring is 1. The van der Waals surface area contributed by atoms with E-state index in [9.17, 15) is 0 Å². The van der Waals surface area contributed by atoms with Crippen molar-refractivity contribution in [1.82, 2.24) is 15.0 Å². The molecule has 0 aliphatic heterocycles. The van der Waals surface area contributed by atoms with Gasteiger partial charge in [0.05, 0.1) is 24.3 Å². The van der Waals surface area contributed by atoms with Crippen LogP contribution in [0.25, 0.3) is 11.1 Å². The SMILES string of the molecule is Nc1cccc2oc(NCc3cnc[nH]3)nc12. The minimum absolute atomic E-state index is 0.451. The van der Waals surface area contributed by atoms with Crippen molar-refractivity contribution in [2.45, 2.75) is 6.54 Å². The van der Waals surface area contributed by atoms with E-state index < -0.39 is 0 Å². The lowest BCUT2D eigenvalue weighted by Crippen LogP contribution is -1.99. The van der Waals surface area contributed by atoms with Crippen LogP contribution in [-0.2, 0) is 6.54 Å². The summed E-state index contributed by atoms with van der Waals surface area (Å²) in [6.45, 7) is 0.576. The fraction of sp³-hybridized carbons (Fsp3) is 0.0909. The summed E-state index contributed by atoms with van der Waals surface area (Å²) < 4.78 is 5.51. The van der Waals surface area contributed by atoms with Gasteiger partial charge >= 0.3 is 0 Å². The van der Waals surface area contributed by atoms with Gasteiger partial charge in [0.2, 0.25) is 0 Å². The van der Waals surface area contributed by atoms with Crippen LogP contribution in [0.15, 0.2) is 35.1 Å². The first-order valence-electron chi connectivity index (χ1n) is 5.19. The Morgan fingerprint density at radius 2 is 2.35 bits per heavy atom. The number of fused-ring (bicyclic) bond motifs is 1. The van der Waals surface area contributed by atoms with Crippen LogP contribution in [0.1, 0.15) is 5.69 Å². The van der Waals surface area contributed by atoms with E-state index >= 15 is 0 Å². The van der Waals surface area contributed by atoms with Gasteiger partial charge in [0.15, 0.2) is 5.58 Å². The summed E-state index contributed by atoms with van der Waals surface area (Å²) in [5.74, 6) is 0. The summed E-state index contributed by atoms with van der Waals surface area (Å²) in [6.07, 6.45) is 3.37. The fourth-order valence-electron chi connectivity index (χ4n) is 1.60. The van der Waals surface area contributed by atoms with Crippen LogP contribution >= 0.6 is 0 Å². The van der Waals surface area contributed by atoms with E-state index in [0.717, 1.165) is 5.69 Å². The molecule has 0 saturated carbocycles. The van der Waals surface area contributed by atoms with Crippen molar-refractivity contribution in [1.29, 1.82) is 0 Å². The molecule has 0 bridgehead atoms. The normalized spacial score (nSPS) is 10.8. The maximum atomic E-state index is 5.79. The van der Waals surface area contributed by atoms with Crippen LogP contribution in [0, 0.1) is 0 Å². The molecule has 2 aromatic heterocycles. The standard InChI is InChI=1S/C11H11N5O/c12-8-2-1-3-9-10(8)16-11(17-9)14-5-7-4-13-6-15-7/h1-4,6H,5,12H2,(H,13,15)(H,14,16). The van der Waals surface area contributed by atoms with E-state index in [4.69, 9.17) is 10.2 Å². The van der Waals surface area contributed by atoms with Crippen LogP contribution in [0.5, 0.6) is 0 Å². The van der Waals surface area contributed by atoms with Gasteiger partial charge in [-0.05, 0) is 12.1 Å². The molecule has 0 aliphatic rings. The number of oxazole rings is 1. The molecule has 4 N–H and O–H groups in total. The van der Waals surface area contributed by atoms with Crippen LogP contribution in [-0.4, -0.2) is 15.0 Å². The van der Waals surface area contributed by atoms with Gasteiger partial charge in [0.1, 0.15) is 5.52 Å². The number of para-hydroxylation sites is 1. The first-order valence-corrected chi connectivity index (χ1v) is 5.19. The molecule has 1 aromatic carbocycles. The summed E-state index contributed by atoms with van der Waals surface area (Å²) in [6, 6.07) is 5.91. The van der Waals surface area contributed by atoms with Crippen molar-refractivity contribution in [3.05, 3.63) is 36.4 Å². The Bertz CT molecular complexity index is 628. The molecular formula is C11H11N5O. The van der Waals surface area contributed by atoms with E-state index in [1.807, 2.05) is 12.1 Å². The molecule has 0 unspecified atom stereocenters. The number of imidazole rings is 1. The molecule has 0 saturated heterocycles. The van der Waals surface area contributed by atoms with Gasteiger partial charge in [-0.15, -0.1) is 0 Å². The average molecular weight is 229 g/mol. The average Bonchev–Trinajstić information content (AvgIpc) is 2.95. The molecule has 0 aliphatic carbocycles.